The van der Waals surface area contributed by atoms with Gasteiger partial charge in [0.05, 0.1) is 11.0 Å². The standard InChI is InChI=1S/C11H14BrN5O/c12-8-3-14-11(15-4-8)17-5-9(6-17)16-2-1-13-10(18)7-16/h3-4,9H,1-2,5-7H2,(H,13,18). The van der Waals surface area contributed by atoms with E-state index in [1.165, 1.54) is 0 Å². The van der Waals surface area contributed by atoms with Crippen LogP contribution in [0.4, 0.5) is 5.95 Å². The molecular weight excluding hydrogens is 298 g/mol. The number of nitrogens with one attached hydrogen (secondary N) is 1. The van der Waals surface area contributed by atoms with E-state index in [1.54, 1.807) is 12.4 Å². The maximum atomic E-state index is 11.3. The highest BCUT2D eigenvalue weighted by Crippen LogP contribution is 2.21. The Hall–Kier alpha value is -1.21. The van der Waals surface area contributed by atoms with Crippen LogP contribution in [0.1, 0.15) is 0 Å². The van der Waals surface area contributed by atoms with Gasteiger partial charge in [0, 0.05) is 44.6 Å². The Kier molecular flexibility index (Phi) is 3.17. The van der Waals surface area contributed by atoms with Crippen molar-refractivity contribution in [2.24, 2.45) is 0 Å². The maximum absolute atomic E-state index is 11.3. The Bertz CT molecular complexity index is 445. The summed E-state index contributed by atoms with van der Waals surface area (Å²) in [6.45, 7) is 4.00. The third-order valence-corrected chi connectivity index (χ3v) is 3.75. The lowest BCUT2D eigenvalue weighted by Crippen LogP contribution is -2.64. The Morgan fingerprint density at radius 1 is 1.33 bits per heavy atom. The number of amides is 1. The van der Waals surface area contributed by atoms with E-state index < -0.39 is 0 Å². The van der Waals surface area contributed by atoms with Crippen molar-refractivity contribution >= 4 is 27.8 Å². The van der Waals surface area contributed by atoms with Crippen LogP contribution in [0, 0.1) is 0 Å². The predicted molar refractivity (Wildman–Crippen MR) is 70.3 cm³/mol. The van der Waals surface area contributed by atoms with Gasteiger partial charge in [0.15, 0.2) is 0 Å². The van der Waals surface area contributed by atoms with Crippen LogP contribution in [0.3, 0.4) is 0 Å². The summed E-state index contributed by atoms with van der Waals surface area (Å²) in [5.41, 5.74) is 0. The van der Waals surface area contributed by atoms with Crippen molar-refractivity contribution < 1.29 is 4.79 Å². The molecule has 0 saturated carbocycles. The number of anilines is 1. The molecule has 7 heteroatoms. The van der Waals surface area contributed by atoms with Gasteiger partial charge >= 0.3 is 0 Å². The molecule has 3 heterocycles. The number of hydrogen-bond acceptors (Lipinski definition) is 5. The summed E-state index contributed by atoms with van der Waals surface area (Å²) in [6, 6.07) is 0.447. The number of halogens is 1. The maximum Gasteiger partial charge on any atom is 0.234 e. The minimum atomic E-state index is 0.125. The Labute approximate surface area is 114 Å². The summed E-state index contributed by atoms with van der Waals surface area (Å²) in [7, 11) is 0. The van der Waals surface area contributed by atoms with Crippen LogP contribution in [0.2, 0.25) is 0 Å². The smallest absolute Gasteiger partial charge is 0.234 e. The fraction of sp³-hybridized carbons (Fsp3) is 0.545. The van der Waals surface area contributed by atoms with E-state index in [2.05, 4.69) is 41.0 Å². The summed E-state index contributed by atoms with van der Waals surface area (Å²) < 4.78 is 0.885. The molecule has 3 rings (SSSR count). The molecule has 0 aromatic carbocycles. The lowest BCUT2D eigenvalue weighted by molar-refractivity contribution is -0.125. The van der Waals surface area contributed by atoms with Gasteiger partial charge in [0.2, 0.25) is 11.9 Å². The minimum absolute atomic E-state index is 0.125. The van der Waals surface area contributed by atoms with Crippen LogP contribution in [0.5, 0.6) is 0 Å². The van der Waals surface area contributed by atoms with E-state index in [-0.39, 0.29) is 5.91 Å². The normalized spacial score (nSPS) is 21.6. The van der Waals surface area contributed by atoms with Crippen LogP contribution in [-0.4, -0.2) is 59.5 Å². The van der Waals surface area contributed by atoms with E-state index in [0.717, 1.165) is 36.6 Å². The first-order valence-electron chi connectivity index (χ1n) is 5.95. The highest BCUT2D eigenvalue weighted by Gasteiger charge is 2.35. The van der Waals surface area contributed by atoms with Gasteiger partial charge in [-0.05, 0) is 15.9 Å². The van der Waals surface area contributed by atoms with Crippen molar-refractivity contribution in [3.05, 3.63) is 16.9 Å². The van der Waals surface area contributed by atoms with E-state index in [9.17, 15) is 4.79 Å². The molecule has 2 saturated heterocycles. The number of rotatable bonds is 2. The molecule has 2 fully saturated rings. The number of piperazine rings is 1. The predicted octanol–water partition coefficient (Wildman–Crippen LogP) is -0.141. The molecule has 0 unspecified atom stereocenters. The Balaban J connectivity index is 1.56. The van der Waals surface area contributed by atoms with Crippen molar-refractivity contribution in [3.63, 3.8) is 0 Å². The second kappa shape index (κ2) is 4.81. The zero-order valence-electron chi connectivity index (χ0n) is 9.84. The van der Waals surface area contributed by atoms with Gasteiger partial charge in [0.1, 0.15) is 0 Å². The fourth-order valence-electron chi connectivity index (χ4n) is 2.29. The van der Waals surface area contributed by atoms with Gasteiger partial charge in [-0.15, -0.1) is 0 Å². The third kappa shape index (κ3) is 2.32. The zero-order valence-corrected chi connectivity index (χ0v) is 11.4. The van der Waals surface area contributed by atoms with Gasteiger partial charge in [-0.3, -0.25) is 9.69 Å². The molecule has 0 radical (unpaired) electrons. The van der Waals surface area contributed by atoms with Crippen molar-refractivity contribution in [1.29, 1.82) is 0 Å². The average molecular weight is 312 g/mol. The zero-order chi connectivity index (χ0) is 12.5. The largest absolute Gasteiger partial charge is 0.354 e. The molecule has 1 N–H and O–H groups in total. The SMILES string of the molecule is O=C1CN(C2CN(c3ncc(Br)cn3)C2)CCN1. The molecule has 0 spiro atoms. The minimum Gasteiger partial charge on any atom is -0.354 e. The molecule has 0 bridgehead atoms. The van der Waals surface area contributed by atoms with Crippen LogP contribution >= 0.6 is 15.9 Å². The van der Waals surface area contributed by atoms with Gasteiger partial charge in [0.25, 0.3) is 0 Å². The number of carbonyl (C=O) groups excluding carboxylic acids is 1. The van der Waals surface area contributed by atoms with Crippen molar-refractivity contribution in [3.8, 4) is 0 Å². The van der Waals surface area contributed by atoms with E-state index in [1.807, 2.05) is 0 Å². The van der Waals surface area contributed by atoms with E-state index in [0.29, 0.717) is 12.6 Å². The summed E-state index contributed by atoms with van der Waals surface area (Å²) >= 11 is 3.32. The molecule has 2 aliphatic heterocycles. The Morgan fingerprint density at radius 3 is 2.72 bits per heavy atom. The first-order valence-corrected chi connectivity index (χ1v) is 6.75. The summed E-state index contributed by atoms with van der Waals surface area (Å²) in [5, 5.41) is 2.84. The second-order valence-corrected chi connectivity index (χ2v) is 5.50. The number of hydrogen-bond donors (Lipinski definition) is 1. The van der Waals surface area contributed by atoms with Crippen LogP contribution < -0.4 is 10.2 Å². The number of nitrogens with zero attached hydrogens (tertiary/aromatic N) is 4. The average Bonchev–Trinajstić information content (AvgIpc) is 2.30. The van der Waals surface area contributed by atoms with Gasteiger partial charge < -0.3 is 10.2 Å². The van der Waals surface area contributed by atoms with Crippen molar-refractivity contribution in [2.75, 3.05) is 37.6 Å². The molecule has 0 aliphatic carbocycles. The first-order chi connectivity index (χ1) is 8.72. The highest BCUT2D eigenvalue weighted by molar-refractivity contribution is 9.10. The topological polar surface area (TPSA) is 61.4 Å². The molecule has 18 heavy (non-hydrogen) atoms. The highest BCUT2D eigenvalue weighted by atomic mass is 79.9. The molecule has 1 aromatic rings. The lowest BCUT2D eigenvalue weighted by Gasteiger charge is -2.46. The van der Waals surface area contributed by atoms with Crippen molar-refractivity contribution in [2.45, 2.75) is 6.04 Å². The Morgan fingerprint density at radius 2 is 2.06 bits per heavy atom. The summed E-state index contributed by atoms with van der Waals surface area (Å²) in [5.74, 6) is 0.885. The number of aromatic nitrogens is 2. The molecule has 6 nitrogen and oxygen atoms in total. The molecular formula is C11H14BrN5O. The van der Waals surface area contributed by atoms with E-state index in [4.69, 9.17) is 0 Å². The van der Waals surface area contributed by atoms with Gasteiger partial charge in [-0.1, -0.05) is 0 Å². The van der Waals surface area contributed by atoms with Gasteiger partial charge in [-0.25, -0.2) is 9.97 Å². The lowest BCUT2D eigenvalue weighted by atomic mass is 10.1. The molecule has 1 amide bonds. The summed E-state index contributed by atoms with van der Waals surface area (Å²) in [6.07, 6.45) is 3.51. The molecule has 2 aliphatic rings. The van der Waals surface area contributed by atoms with Crippen LogP contribution in [-0.2, 0) is 4.79 Å². The monoisotopic (exact) mass is 311 g/mol. The fourth-order valence-corrected chi connectivity index (χ4v) is 2.49. The van der Waals surface area contributed by atoms with Crippen molar-refractivity contribution in [1.82, 2.24) is 20.2 Å². The summed E-state index contributed by atoms with van der Waals surface area (Å²) in [4.78, 5) is 24.2. The molecule has 1 aromatic heterocycles. The number of carbonyl (C=O) groups is 1. The van der Waals surface area contributed by atoms with Crippen LogP contribution in [0.15, 0.2) is 16.9 Å². The third-order valence-electron chi connectivity index (χ3n) is 3.34. The first kappa shape index (κ1) is 11.9. The molecule has 96 valence electrons. The second-order valence-electron chi connectivity index (χ2n) is 4.58. The molecule has 0 atom stereocenters. The van der Waals surface area contributed by atoms with E-state index >= 15 is 0 Å². The van der Waals surface area contributed by atoms with Crippen LogP contribution in [0.25, 0.3) is 0 Å². The van der Waals surface area contributed by atoms with Gasteiger partial charge in [-0.2, -0.15) is 0 Å². The quantitative estimate of drug-likeness (QED) is 0.824.